The predicted molar refractivity (Wildman–Crippen MR) is 243 cm³/mol. The average Bonchev–Trinajstić information content (AvgIpc) is 3.47. The molecule has 0 spiro atoms. The number of esters is 3. The van der Waals surface area contributed by atoms with Gasteiger partial charge in [0.25, 0.3) is 6.29 Å². The van der Waals surface area contributed by atoms with Crippen molar-refractivity contribution in [3.63, 3.8) is 0 Å². The fourth-order valence-electron chi connectivity index (χ4n) is 10.2. The first-order chi connectivity index (χ1) is 33.5. The number of carbonyl (C=O) groups is 9. The Kier molecular flexibility index (Phi) is 20.9. The van der Waals surface area contributed by atoms with Gasteiger partial charge < -0.3 is 59.7 Å². The number of cyclic esters (lactones) is 3. The Morgan fingerprint density at radius 1 is 0.500 bits per heavy atom. The summed E-state index contributed by atoms with van der Waals surface area (Å²) < 4.78 is 30.5. The minimum atomic E-state index is -1.06. The SMILES string of the molecule is O=C(O)CC1(CNC(=O)OC2CCCCC(=O)O2)CCCCC1.O=C(O)CC1(CNC(=O)OC2OC(=O)c3ccccc32)CCCCC1.O=C(O)CC1(CNC(=O)O[C@@H]2CCCC(=O)O2)CCCCC1. The van der Waals surface area contributed by atoms with E-state index in [0.717, 1.165) is 109 Å². The van der Waals surface area contributed by atoms with Crippen LogP contribution in [0.4, 0.5) is 14.4 Å². The minimum Gasteiger partial charge on any atom is -0.481 e. The van der Waals surface area contributed by atoms with E-state index >= 15 is 0 Å². The van der Waals surface area contributed by atoms with Crippen LogP contribution in [0.5, 0.6) is 0 Å². The minimum absolute atomic E-state index is 0.0223. The first-order valence-corrected chi connectivity index (χ1v) is 24.7. The van der Waals surface area contributed by atoms with E-state index in [-0.39, 0.29) is 50.8 Å². The zero-order valence-corrected chi connectivity index (χ0v) is 39.8. The molecule has 0 bridgehead atoms. The molecule has 70 heavy (non-hydrogen) atoms. The summed E-state index contributed by atoms with van der Waals surface area (Å²) in [7, 11) is 0. The Hall–Kier alpha value is -6.15. The number of carboxylic acid groups (broad SMARTS) is 3. The molecular weight excluding hydrogens is 919 g/mol. The van der Waals surface area contributed by atoms with Crippen molar-refractivity contribution < 1.29 is 86.9 Å². The molecule has 2 saturated heterocycles. The quantitative estimate of drug-likeness (QED) is 0.0722. The van der Waals surface area contributed by atoms with Crippen molar-refractivity contribution in [1.29, 1.82) is 0 Å². The largest absolute Gasteiger partial charge is 0.481 e. The Morgan fingerprint density at radius 2 is 0.886 bits per heavy atom. The summed E-state index contributed by atoms with van der Waals surface area (Å²) in [5.74, 6) is -3.80. The summed E-state index contributed by atoms with van der Waals surface area (Å²) in [6, 6.07) is 6.73. The van der Waals surface area contributed by atoms with Crippen LogP contribution < -0.4 is 16.0 Å². The monoisotopic (exact) mass is 987 g/mol. The lowest BCUT2D eigenvalue weighted by molar-refractivity contribution is -0.176. The Balaban J connectivity index is 0.000000196. The first-order valence-electron chi connectivity index (χ1n) is 24.7. The molecule has 388 valence electrons. The molecule has 0 aromatic heterocycles. The molecule has 7 rings (SSSR count). The van der Waals surface area contributed by atoms with E-state index < -0.39 is 77.3 Å². The maximum Gasteiger partial charge on any atom is 0.410 e. The summed E-state index contributed by atoms with van der Waals surface area (Å²) in [6.45, 7) is 0.790. The van der Waals surface area contributed by atoms with Crippen molar-refractivity contribution in [3.05, 3.63) is 35.4 Å². The first kappa shape index (κ1) is 54.8. The van der Waals surface area contributed by atoms with Gasteiger partial charge in [0.05, 0.1) is 24.8 Å². The molecule has 1 aromatic rings. The van der Waals surface area contributed by atoms with E-state index in [2.05, 4.69) is 16.0 Å². The van der Waals surface area contributed by atoms with Gasteiger partial charge in [-0.05, 0) is 80.1 Å². The number of benzene rings is 1. The van der Waals surface area contributed by atoms with Crippen molar-refractivity contribution in [3.8, 4) is 0 Å². The van der Waals surface area contributed by atoms with Crippen molar-refractivity contribution in [2.45, 2.75) is 179 Å². The number of carboxylic acids is 3. The fourth-order valence-corrected chi connectivity index (χ4v) is 10.2. The Bertz CT molecular complexity index is 1990. The molecule has 3 amide bonds. The molecule has 0 radical (unpaired) electrons. The highest BCUT2D eigenvalue weighted by molar-refractivity contribution is 5.94. The number of rotatable bonds is 15. The summed E-state index contributed by atoms with van der Waals surface area (Å²) in [5, 5.41) is 35.3. The molecule has 3 aliphatic carbocycles. The topological polar surface area (TPSA) is 306 Å². The lowest BCUT2D eigenvalue weighted by atomic mass is 9.72. The van der Waals surface area contributed by atoms with E-state index in [0.29, 0.717) is 43.2 Å². The van der Waals surface area contributed by atoms with Gasteiger partial charge >= 0.3 is 54.1 Å². The third-order valence-electron chi connectivity index (χ3n) is 13.9. The van der Waals surface area contributed by atoms with Crippen LogP contribution in [0, 0.1) is 16.2 Å². The second-order valence-electron chi connectivity index (χ2n) is 19.5. The van der Waals surface area contributed by atoms with Crippen LogP contribution in [0.1, 0.15) is 183 Å². The lowest BCUT2D eigenvalue weighted by Gasteiger charge is -2.36. The van der Waals surface area contributed by atoms with E-state index in [9.17, 15) is 43.2 Å². The van der Waals surface area contributed by atoms with Crippen LogP contribution in [0.2, 0.25) is 0 Å². The van der Waals surface area contributed by atoms with Gasteiger partial charge in [0.1, 0.15) is 0 Å². The van der Waals surface area contributed by atoms with Crippen LogP contribution in [0.25, 0.3) is 0 Å². The highest BCUT2D eigenvalue weighted by atomic mass is 16.7. The predicted octanol–water partition coefficient (Wildman–Crippen LogP) is 7.78. The molecule has 2 unspecified atom stereocenters. The highest BCUT2D eigenvalue weighted by Crippen LogP contribution is 2.41. The van der Waals surface area contributed by atoms with E-state index in [1.807, 2.05) is 0 Å². The van der Waals surface area contributed by atoms with Gasteiger partial charge in [-0.3, -0.25) is 24.0 Å². The van der Waals surface area contributed by atoms with Gasteiger partial charge in [0.2, 0.25) is 12.6 Å². The molecule has 21 nitrogen and oxygen atoms in total. The van der Waals surface area contributed by atoms with Gasteiger partial charge in [-0.25, -0.2) is 19.2 Å². The van der Waals surface area contributed by atoms with Crippen molar-refractivity contribution in [1.82, 2.24) is 16.0 Å². The van der Waals surface area contributed by atoms with Gasteiger partial charge in [-0.2, -0.15) is 0 Å². The number of fused-ring (bicyclic) bond motifs is 1. The maximum absolute atomic E-state index is 12.1. The smallest absolute Gasteiger partial charge is 0.410 e. The average molecular weight is 988 g/mol. The molecule has 5 fully saturated rings. The number of hydrogen-bond acceptors (Lipinski definition) is 15. The van der Waals surface area contributed by atoms with Crippen LogP contribution in [-0.4, -0.2) is 102 Å². The van der Waals surface area contributed by atoms with E-state index in [4.69, 9.17) is 43.7 Å². The van der Waals surface area contributed by atoms with Gasteiger partial charge in [0.15, 0.2) is 0 Å². The van der Waals surface area contributed by atoms with Gasteiger partial charge in [0, 0.05) is 50.9 Å². The standard InChI is InChI=1S/C18H21NO6.C16H25NO6.C15H23NO6/c20-14(21)10-18(8-4-1-5-9-18)11-19-17(23)25-16-13-7-3-2-6-12(13)15(22)24-16;18-12(19)10-16(8-4-1-5-9-16)11-17-15(21)23-14-7-3-2-6-13(20)22-14;17-11(18)9-15(7-2-1-3-8-15)10-16-14(20)22-13-6-4-5-12(19)21-13/h2-3,6-7,16H,1,4-5,8-11H2,(H,19,23)(H,20,21);14H,1-11H2,(H,17,21)(H,18,19);13H,1-10H2,(H,16,20)(H,17,18)/t;;13-/m..1/s1. The normalized spacial score (nSPS) is 23.1. The third kappa shape index (κ3) is 18.0. The van der Waals surface area contributed by atoms with Crippen LogP contribution in [0.15, 0.2) is 24.3 Å². The summed E-state index contributed by atoms with van der Waals surface area (Å²) in [4.78, 5) is 103. The highest BCUT2D eigenvalue weighted by Gasteiger charge is 2.39. The molecule has 1 aromatic carbocycles. The fraction of sp³-hybridized carbons (Fsp3) is 0.694. The second-order valence-corrected chi connectivity index (χ2v) is 19.5. The number of aliphatic carboxylic acids is 3. The number of amides is 3. The molecule has 3 aliphatic heterocycles. The number of alkyl carbamates (subject to hydrolysis) is 3. The Morgan fingerprint density at radius 3 is 1.30 bits per heavy atom. The van der Waals surface area contributed by atoms with Gasteiger partial charge in [-0.1, -0.05) is 76.0 Å². The van der Waals surface area contributed by atoms with Crippen molar-refractivity contribution in [2.75, 3.05) is 19.6 Å². The van der Waals surface area contributed by atoms with Crippen LogP contribution >= 0.6 is 0 Å². The summed E-state index contributed by atoms with van der Waals surface area (Å²) in [6.07, 6.45) is 13.0. The number of nitrogens with one attached hydrogen (secondary N) is 3. The summed E-state index contributed by atoms with van der Waals surface area (Å²) in [5.41, 5.74) is -0.335. The number of carbonyl (C=O) groups excluding carboxylic acids is 6. The maximum atomic E-state index is 12.1. The van der Waals surface area contributed by atoms with Gasteiger partial charge in [-0.15, -0.1) is 0 Å². The zero-order valence-electron chi connectivity index (χ0n) is 39.8. The molecule has 6 aliphatic rings. The summed E-state index contributed by atoms with van der Waals surface area (Å²) >= 11 is 0. The lowest BCUT2D eigenvalue weighted by Crippen LogP contribution is -2.42. The molecule has 6 N–H and O–H groups in total. The second kappa shape index (κ2) is 26.7. The Labute approximate surface area is 406 Å². The van der Waals surface area contributed by atoms with E-state index in [1.165, 1.54) is 0 Å². The molecule has 3 saturated carbocycles. The molecule has 3 atom stereocenters. The number of hydrogen-bond donors (Lipinski definition) is 6. The molecular formula is C49H69N3O18. The van der Waals surface area contributed by atoms with Crippen molar-refractivity contribution >= 4 is 54.1 Å². The zero-order chi connectivity index (χ0) is 50.6. The van der Waals surface area contributed by atoms with Crippen LogP contribution in [0.3, 0.4) is 0 Å². The third-order valence-corrected chi connectivity index (χ3v) is 13.9. The van der Waals surface area contributed by atoms with Crippen molar-refractivity contribution in [2.24, 2.45) is 16.2 Å². The van der Waals surface area contributed by atoms with E-state index in [1.54, 1.807) is 24.3 Å². The number of ether oxygens (including phenoxy) is 6. The van der Waals surface area contributed by atoms with Crippen LogP contribution in [-0.2, 0) is 52.4 Å². The molecule has 3 heterocycles. The molecule has 21 heteroatoms.